The van der Waals surface area contributed by atoms with E-state index in [4.69, 9.17) is 4.74 Å². The van der Waals surface area contributed by atoms with Crippen LogP contribution in [0.4, 0.5) is 0 Å². The van der Waals surface area contributed by atoms with Gasteiger partial charge in [0.05, 0.1) is 6.61 Å². The highest BCUT2D eigenvalue weighted by molar-refractivity contribution is 4.94. The molecule has 1 N–H and O–H groups in total. The van der Waals surface area contributed by atoms with E-state index in [1.165, 1.54) is 32.2 Å². The van der Waals surface area contributed by atoms with Crippen LogP contribution >= 0.6 is 0 Å². The van der Waals surface area contributed by atoms with Crippen molar-refractivity contribution in [1.29, 1.82) is 0 Å². The van der Waals surface area contributed by atoms with E-state index >= 15 is 0 Å². The Hall–Kier alpha value is -0.120. The SMILES string of the molecule is CCCNC1C(CN(C)CCOC)CCCC1(C)C. The molecule has 19 heavy (non-hydrogen) atoms. The minimum Gasteiger partial charge on any atom is -0.383 e. The Kier molecular flexibility index (Phi) is 7.33. The molecule has 114 valence electrons. The molecule has 0 aliphatic heterocycles. The summed E-state index contributed by atoms with van der Waals surface area (Å²) in [6.45, 7) is 11.3. The highest BCUT2D eigenvalue weighted by atomic mass is 16.5. The average molecular weight is 270 g/mol. The molecule has 0 aromatic rings. The van der Waals surface area contributed by atoms with E-state index in [1.807, 2.05) is 0 Å². The van der Waals surface area contributed by atoms with E-state index in [-0.39, 0.29) is 0 Å². The van der Waals surface area contributed by atoms with Gasteiger partial charge in [0.1, 0.15) is 0 Å². The number of likely N-dealkylation sites (N-methyl/N-ethyl adjacent to an activating group) is 1. The Morgan fingerprint density at radius 2 is 2.11 bits per heavy atom. The van der Waals surface area contributed by atoms with Gasteiger partial charge in [-0.1, -0.05) is 27.2 Å². The van der Waals surface area contributed by atoms with Crippen LogP contribution in [0.25, 0.3) is 0 Å². The van der Waals surface area contributed by atoms with Gasteiger partial charge in [-0.05, 0) is 44.2 Å². The first-order valence-electron chi connectivity index (χ1n) is 7.92. The van der Waals surface area contributed by atoms with Crippen molar-refractivity contribution in [1.82, 2.24) is 10.2 Å². The smallest absolute Gasteiger partial charge is 0.0589 e. The van der Waals surface area contributed by atoms with Crippen LogP contribution < -0.4 is 5.32 Å². The van der Waals surface area contributed by atoms with Crippen molar-refractivity contribution in [3.8, 4) is 0 Å². The fourth-order valence-corrected chi connectivity index (χ4v) is 3.46. The molecule has 1 saturated carbocycles. The summed E-state index contributed by atoms with van der Waals surface area (Å²) >= 11 is 0. The Labute approximate surface area is 120 Å². The van der Waals surface area contributed by atoms with Crippen LogP contribution in [0.15, 0.2) is 0 Å². The molecular formula is C16H34N2O. The first kappa shape index (κ1) is 16.9. The summed E-state index contributed by atoms with van der Waals surface area (Å²) in [6.07, 6.45) is 5.31. The topological polar surface area (TPSA) is 24.5 Å². The molecule has 2 atom stereocenters. The number of hydrogen-bond acceptors (Lipinski definition) is 3. The van der Waals surface area contributed by atoms with Gasteiger partial charge < -0.3 is 15.0 Å². The standard InChI is InChI=1S/C16H34N2O/c1-6-10-17-15-14(8-7-9-16(15,2)3)13-18(4)11-12-19-5/h14-15,17H,6-13H2,1-5H3. The summed E-state index contributed by atoms with van der Waals surface area (Å²) in [6, 6.07) is 0.659. The van der Waals surface area contributed by atoms with E-state index in [0.717, 1.165) is 25.6 Å². The third kappa shape index (κ3) is 5.41. The van der Waals surface area contributed by atoms with E-state index < -0.39 is 0 Å². The lowest BCUT2D eigenvalue weighted by molar-refractivity contribution is 0.0766. The van der Waals surface area contributed by atoms with Gasteiger partial charge in [-0.25, -0.2) is 0 Å². The Morgan fingerprint density at radius 3 is 2.74 bits per heavy atom. The molecule has 0 spiro atoms. The maximum absolute atomic E-state index is 5.18. The fourth-order valence-electron chi connectivity index (χ4n) is 3.46. The molecule has 1 aliphatic carbocycles. The zero-order chi connectivity index (χ0) is 14.3. The number of ether oxygens (including phenoxy) is 1. The predicted molar refractivity (Wildman–Crippen MR) is 82.6 cm³/mol. The van der Waals surface area contributed by atoms with Gasteiger partial charge in [-0.3, -0.25) is 0 Å². The molecule has 1 rings (SSSR count). The number of nitrogens with zero attached hydrogens (tertiary/aromatic N) is 1. The maximum atomic E-state index is 5.18. The minimum absolute atomic E-state index is 0.431. The second-order valence-electron chi connectivity index (χ2n) is 6.83. The van der Waals surface area contributed by atoms with E-state index in [9.17, 15) is 0 Å². The van der Waals surface area contributed by atoms with Gasteiger partial charge >= 0.3 is 0 Å². The van der Waals surface area contributed by atoms with Crippen molar-refractivity contribution in [2.45, 2.75) is 52.5 Å². The molecule has 0 radical (unpaired) electrons. The summed E-state index contributed by atoms with van der Waals surface area (Å²) in [5, 5.41) is 3.82. The van der Waals surface area contributed by atoms with Crippen LogP contribution in [0.5, 0.6) is 0 Å². The first-order chi connectivity index (χ1) is 9.01. The second-order valence-corrected chi connectivity index (χ2v) is 6.83. The molecule has 1 fully saturated rings. The Morgan fingerprint density at radius 1 is 1.37 bits per heavy atom. The van der Waals surface area contributed by atoms with Crippen LogP contribution in [-0.4, -0.2) is 51.3 Å². The monoisotopic (exact) mass is 270 g/mol. The zero-order valence-corrected chi connectivity index (χ0v) is 13.7. The molecule has 3 heteroatoms. The van der Waals surface area contributed by atoms with Crippen LogP contribution in [-0.2, 0) is 4.74 Å². The van der Waals surface area contributed by atoms with Gasteiger partial charge in [0.2, 0.25) is 0 Å². The highest BCUT2D eigenvalue weighted by Crippen LogP contribution is 2.39. The molecule has 0 aromatic carbocycles. The van der Waals surface area contributed by atoms with Crippen molar-refractivity contribution in [2.24, 2.45) is 11.3 Å². The number of rotatable bonds is 8. The Bertz CT molecular complexity index is 243. The third-order valence-corrected chi connectivity index (χ3v) is 4.55. The predicted octanol–water partition coefficient (Wildman–Crippen LogP) is 2.76. The largest absolute Gasteiger partial charge is 0.383 e. The van der Waals surface area contributed by atoms with Gasteiger partial charge in [0.25, 0.3) is 0 Å². The number of hydrogen-bond donors (Lipinski definition) is 1. The summed E-state index contributed by atoms with van der Waals surface area (Å²) in [4.78, 5) is 2.43. The van der Waals surface area contributed by atoms with Crippen LogP contribution in [0.3, 0.4) is 0 Å². The molecule has 1 aliphatic rings. The first-order valence-corrected chi connectivity index (χ1v) is 7.92. The molecule has 0 aromatic heterocycles. The lowest BCUT2D eigenvalue weighted by atomic mass is 9.67. The van der Waals surface area contributed by atoms with Gasteiger partial charge in [-0.15, -0.1) is 0 Å². The molecule has 0 heterocycles. The van der Waals surface area contributed by atoms with Crippen LogP contribution in [0, 0.1) is 11.3 Å². The van der Waals surface area contributed by atoms with Crippen LogP contribution in [0.2, 0.25) is 0 Å². The maximum Gasteiger partial charge on any atom is 0.0589 e. The molecule has 2 unspecified atom stereocenters. The number of methoxy groups -OCH3 is 1. The summed E-state index contributed by atoms with van der Waals surface area (Å²) in [5.41, 5.74) is 0.431. The lowest BCUT2D eigenvalue weighted by Crippen LogP contribution is -2.52. The van der Waals surface area contributed by atoms with Crippen molar-refractivity contribution in [3.63, 3.8) is 0 Å². The minimum atomic E-state index is 0.431. The van der Waals surface area contributed by atoms with E-state index in [0.29, 0.717) is 11.5 Å². The van der Waals surface area contributed by atoms with Gasteiger partial charge in [0, 0.05) is 26.2 Å². The quantitative estimate of drug-likeness (QED) is 0.734. The van der Waals surface area contributed by atoms with Gasteiger partial charge in [0.15, 0.2) is 0 Å². The van der Waals surface area contributed by atoms with Crippen molar-refractivity contribution in [3.05, 3.63) is 0 Å². The summed E-state index contributed by atoms with van der Waals surface area (Å²) in [7, 11) is 4.00. The molecule has 0 bridgehead atoms. The van der Waals surface area contributed by atoms with Gasteiger partial charge in [-0.2, -0.15) is 0 Å². The summed E-state index contributed by atoms with van der Waals surface area (Å²) < 4.78 is 5.18. The average Bonchev–Trinajstić information content (AvgIpc) is 2.35. The summed E-state index contributed by atoms with van der Waals surface area (Å²) in [5.74, 6) is 0.775. The fraction of sp³-hybridized carbons (Fsp3) is 1.00. The third-order valence-electron chi connectivity index (χ3n) is 4.55. The lowest BCUT2D eigenvalue weighted by Gasteiger charge is -2.46. The zero-order valence-electron chi connectivity index (χ0n) is 13.7. The van der Waals surface area contributed by atoms with Crippen molar-refractivity contribution in [2.75, 3.05) is 40.4 Å². The molecule has 0 amide bonds. The second kappa shape index (κ2) is 8.23. The van der Waals surface area contributed by atoms with E-state index in [2.05, 4.69) is 38.0 Å². The molecular weight excluding hydrogens is 236 g/mol. The highest BCUT2D eigenvalue weighted by Gasteiger charge is 2.38. The van der Waals surface area contributed by atoms with Crippen molar-refractivity contribution >= 4 is 0 Å². The molecule has 3 nitrogen and oxygen atoms in total. The van der Waals surface area contributed by atoms with Crippen LogP contribution in [0.1, 0.15) is 46.5 Å². The van der Waals surface area contributed by atoms with Crippen molar-refractivity contribution < 1.29 is 4.74 Å². The Balaban J connectivity index is 2.56. The molecule has 0 saturated heterocycles. The number of nitrogens with one attached hydrogen (secondary N) is 1. The van der Waals surface area contributed by atoms with E-state index in [1.54, 1.807) is 7.11 Å². The normalized spacial score (nSPS) is 26.8.